The minimum absolute atomic E-state index is 0.103. The van der Waals surface area contributed by atoms with Crippen molar-refractivity contribution < 1.29 is 18.3 Å². The third-order valence-corrected chi connectivity index (χ3v) is 4.26. The minimum Gasteiger partial charge on any atom is -0.493 e. The Morgan fingerprint density at radius 2 is 2.06 bits per heavy atom. The lowest BCUT2D eigenvalue weighted by molar-refractivity contribution is -0.0512. The van der Waals surface area contributed by atoms with Gasteiger partial charge in [0.15, 0.2) is 11.5 Å². The number of ether oxygens (including phenoxy) is 2. The Balaban J connectivity index is 2.10. The first-order valence-corrected chi connectivity index (χ1v) is 9.16. The third-order valence-electron chi connectivity index (χ3n) is 4.26. The number of alkyl halides is 2. The van der Waals surface area contributed by atoms with Crippen molar-refractivity contribution >= 4 is 11.6 Å². The van der Waals surface area contributed by atoms with E-state index in [-0.39, 0.29) is 17.9 Å². The number of benzene rings is 1. The summed E-state index contributed by atoms with van der Waals surface area (Å²) in [5, 5.41) is 23.0. The predicted octanol–water partition coefficient (Wildman–Crippen LogP) is 4.53. The fourth-order valence-electron chi connectivity index (χ4n) is 2.90. The molecule has 0 amide bonds. The molecule has 0 bridgehead atoms. The molecule has 1 aromatic carbocycles. The van der Waals surface area contributed by atoms with E-state index in [9.17, 15) is 14.0 Å². The van der Waals surface area contributed by atoms with Gasteiger partial charge in [-0.1, -0.05) is 6.07 Å². The zero-order chi connectivity index (χ0) is 22.2. The monoisotopic (exact) mass is 421 g/mol. The summed E-state index contributed by atoms with van der Waals surface area (Å²) in [6, 6.07) is 13.9. The lowest BCUT2D eigenvalue weighted by Gasteiger charge is -2.11. The number of aromatic nitrogens is 3. The molecule has 0 saturated carbocycles. The lowest BCUT2D eigenvalue weighted by atomic mass is 10.0. The van der Waals surface area contributed by atoms with Crippen LogP contribution in [0.5, 0.6) is 11.5 Å². The number of hydrogen-bond donors (Lipinski definition) is 0. The molecular weight excluding hydrogens is 404 g/mol. The van der Waals surface area contributed by atoms with Crippen molar-refractivity contribution in [3.05, 3.63) is 60.0 Å². The van der Waals surface area contributed by atoms with Gasteiger partial charge in [0, 0.05) is 23.5 Å². The zero-order valence-electron chi connectivity index (χ0n) is 16.5. The van der Waals surface area contributed by atoms with Gasteiger partial charge in [0.05, 0.1) is 43.1 Å². The maximum Gasteiger partial charge on any atom is 0.387 e. The molecule has 2 heterocycles. The first-order valence-electron chi connectivity index (χ1n) is 9.16. The van der Waals surface area contributed by atoms with Crippen molar-refractivity contribution in [3.63, 3.8) is 0 Å². The molecule has 0 saturated heterocycles. The van der Waals surface area contributed by atoms with Gasteiger partial charge in [-0.25, -0.2) is 0 Å². The van der Waals surface area contributed by atoms with E-state index in [4.69, 9.17) is 10.00 Å². The Kier molecular flexibility index (Phi) is 6.92. The fourth-order valence-corrected chi connectivity index (χ4v) is 2.90. The molecule has 0 radical (unpaired) electrons. The number of nitriles is 2. The molecule has 0 aliphatic rings. The maximum absolute atomic E-state index is 12.6. The zero-order valence-corrected chi connectivity index (χ0v) is 16.5. The Morgan fingerprint density at radius 1 is 1.23 bits per heavy atom. The van der Waals surface area contributed by atoms with Crippen molar-refractivity contribution in [1.82, 2.24) is 14.8 Å². The average Bonchev–Trinajstić information content (AvgIpc) is 3.19. The van der Waals surface area contributed by atoms with Crippen LogP contribution in [0.25, 0.3) is 22.9 Å². The van der Waals surface area contributed by atoms with Gasteiger partial charge in [-0.15, -0.1) is 0 Å². The highest BCUT2D eigenvalue weighted by Gasteiger charge is 2.16. The second-order valence-electron chi connectivity index (χ2n) is 6.23. The Morgan fingerprint density at radius 3 is 2.71 bits per heavy atom. The Hall–Kier alpha value is -4.24. The van der Waals surface area contributed by atoms with E-state index in [0.717, 1.165) is 0 Å². The first-order chi connectivity index (χ1) is 15.0. The summed E-state index contributed by atoms with van der Waals surface area (Å²) >= 11 is 0. The highest BCUT2D eigenvalue weighted by molar-refractivity contribution is 5.91. The van der Waals surface area contributed by atoms with E-state index in [1.807, 2.05) is 0 Å². The second kappa shape index (κ2) is 9.99. The van der Waals surface area contributed by atoms with Crippen LogP contribution in [0.3, 0.4) is 0 Å². The molecule has 0 atom stereocenters. The average molecular weight is 421 g/mol. The summed E-state index contributed by atoms with van der Waals surface area (Å²) in [6.07, 6.45) is 5.19. The third kappa shape index (κ3) is 5.22. The van der Waals surface area contributed by atoms with E-state index in [1.54, 1.807) is 47.4 Å². The molecule has 7 nitrogen and oxygen atoms in total. The molecule has 0 unspecified atom stereocenters. The van der Waals surface area contributed by atoms with Crippen LogP contribution in [0.15, 0.2) is 48.8 Å². The van der Waals surface area contributed by atoms with Gasteiger partial charge in [-0.05, 0) is 36.4 Å². The Labute approximate surface area is 177 Å². The predicted molar refractivity (Wildman–Crippen MR) is 109 cm³/mol. The molecule has 0 aliphatic heterocycles. The normalized spacial score (nSPS) is 11.1. The van der Waals surface area contributed by atoms with Crippen molar-refractivity contribution in [2.45, 2.75) is 19.6 Å². The largest absolute Gasteiger partial charge is 0.493 e. The summed E-state index contributed by atoms with van der Waals surface area (Å²) in [4.78, 5) is 4.20. The molecule has 3 rings (SSSR count). The maximum atomic E-state index is 12.6. The summed E-state index contributed by atoms with van der Waals surface area (Å²) in [6.45, 7) is -2.63. The first kappa shape index (κ1) is 21.5. The standard InChI is InChI=1S/C22H17F2N5O2/c1-30-20-12-15(6-7-19(20)31-22(23)24)21-17(14-29(28-21)10-4-8-25)11-16(13-26)18-5-2-3-9-27-18/h2-3,5-7,9,11-12,14,22H,4,10H2,1H3/b16-11+. The van der Waals surface area contributed by atoms with Crippen molar-refractivity contribution in [1.29, 1.82) is 10.5 Å². The van der Waals surface area contributed by atoms with Crippen LogP contribution in [-0.4, -0.2) is 28.5 Å². The molecule has 3 aromatic rings. The van der Waals surface area contributed by atoms with Crippen molar-refractivity contribution in [2.75, 3.05) is 7.11 Å². The SMILES string of the molecule is COc1cc(-c2nn(CCC#N)cc2/C=C(\C#N)c2ccccn2)ccc1OC(F)F. The highest BCUT2D eigenvalue weighted by Crippen LogP contribution is 2.35. The molecule has 0 fully saturated rings. The number of rotatable bonds is 8. The van der Waals surface area contributed by atoms with Crippen LogP contribution in [0, 0.1) is 22.7 Å². The number of aryl methyl sites for hydroxylation is 1. The van der Waals surface area contributed by atoms with Gasteiger partial charge in [0.25, 0.3) is 0 Å². The summed E-state index contributed by atoms with van der Waals surface area (Å²) in [5.74, 6) is 0.0120. The van der Waals surface area contributed by atoms with Gasteiger partial charge in [-0.3, -0.25) is 9.67 Å². The van der Waals surface area contributed by atoms with E-state index in [1.165, 1.54) is 19.2 Å². The van der Waals surface area contributed by atoms with Crippen LogP contribution in [-0.2, 0) is 6.54 Å². The van der Waals surface area contributed by atoms with Gasteiger partial charge in [0.2, 0.25) is 0 Å². The van der Waals surface area contributed by atoms with Crippen molar-refractivity contribution in [2.24, 2.45) is 0 Å². The van der Waals surface area contributed by atoms with Crippen LogP contribution in [0.4, 0.5) is 8.78 Å². The van der Waals surface area contributed by atoms with E-state index in [2.05, 4.69) is 27.0 Å². The van der Waals surface area contributed by atoms with Crippen LogP contribution >= 0.6 is 0 Å². The smallest absolute Gasteiger partial charge is 0.387 e. The highest BCUT2D eigenvalue weighted by atomic mass is 19.3. The second-order valence-corrected chi connectivity index (χ2v) is 6.23. The molecule has 0 N–H and O–H groups in total. The molecule has 31 heavy (non-hydrogen) atoms. The van der Waals surface area contributed by atoms with E-state index >= 15 is 0 Å². The number of nitrogens with zero attached hydrogens (tertiary/aromatic N) is 5. The van der Waals surface area contributed by atoms with Gasteiger partial charge in [-0.2, -0.15) is 24.4 Å². The van der Waals surface area contributed by atoms with Gasteiger partial charge >= 0.3 is 6.61 Å². The van der Waals surface area contributed by atoms with E-state index < -0.39 is 6.61 Å². The molecule has 156 valence electrons. The van der Waals surface area contributed by atoms with E-state index in [0.29, 0.717) is 34.6 Å². The summed E-state index contributed by atoms with van der Waals surface area (Å²) in [7, 11) is 1.35. The molecular formula is C22H17F2N5O2. The Bertz CT molecular complexity index is 1160. The molecule has 0 spiro atoms. The topological polar surface area (TPSA) is 96.8 Å². The number of allylic oxidation sites excluding steroid dienone is 1. The number of pyridine rings is 1. The van der Waals surface area contributed by atoms with Crippen LogP contribution in [0.2, 0.25) is 0 Å². The number of hydrogen-bond acceptors (Lipinski definition) is 6. The van der Waals surface area contributed by atoms with Gasteiger partial charge in [0.1, 0.15) is 6.07 Å². The fraction of sp³-hybridized carbons (Fsp3) is 0.182. The van der Waals surface area contributed by atoms with Gasteiger partial charge < -0.3 is 9.47 Å². The lowest BCUT2D eigenvalue weighted by Crippen LogP contribution is -2.03. The number of methoxy groups -OCH3 is 1. The molecule has 2 aromatic heterocycles. The quantitative estimate of drug-likeness (QED) is 0.496. The number of halogens is 2. The molecule has 0 aliphatic carbocycles. The van der Waals surface area contributed by atoms with Crippen LogP contribution in [0.1, 0.15) is 17.7 Å². The van der Waals surface area contributed by atoms with Crippen LogP contribution < -0.4 is 9.47 Å². The molecule has 9 heteroatoms. The summed E-state index contributed by atoms with van der Waals surface area (Å²) in [5.41, 5.74) is 2.48. The summed E-state index contributed by atoms with van der Waals surface area (Å²) < 4.78 is 36.5. The minimum atomic E-state index is -2.99. The van der Waals surface area contributed by atoms with Crippen molar-refractivity contribution in [3.8, 4) is 34.9 Å².